The first-order valence-electron chi connectivity index (χ1n) is 30.6. The maximum atomic E-state index is 14.8. The van der Waals surface area contributed by atoms with E-state index in [1.54, 1.807) is 104 Å². The Morgan fingerprint density at radius 1 is 0.410 bits per heavy atom. The van der Waals surface area contributed by atoms with Gasteiger partial charge in [-0.15, -0.1) is 0 Å². The number of aromatic amines is 3. The summed E-state index contributed by atoms with van der Waals surface area (Å²) in [4.78, 5) is 70.9. The molecule has 0 aliphatic rings. The largest absolute Gasteiger partial charge is 0.478 e. The molecular weight excluding hydrogens is 1400 g/mol. The molecule has 9 aromatic heterocycles. The van der Waals surface area contributed by atoms with Crippen LogP contribution < -0.4 is 16.4 Å². The summed E-state index contributed by atoms with van der Waals surface area (Å²) >= 11 is 36.0. The number of amides is 2. The molecule has 500 valence electrons. The van der Waals surface area contributed by atoms with Crippen molar-refractivity contribution >= 4 is 153 Å². The van der Waals surface area contributed by atoms with Gasteiger partial charge < -0.3 is 36.4 Å². The summed E-state index contributed by atoms with van der Waals surface area (Å²) < 4.78 is 43.1. The molecule has 0 aliphatic carbocycles. The van der Waals surface area contributed by atoms with Crippen molar-refractivity contribution in [2.24, 2.45) is 5.73 Å². The van der Waals surface area contributed by atoms with E-state index in [0.29, 0.717) is 116 Å². The first-order chi connectivity index (χ1) is 48.3. The second-order valence-corrected chi connectivity index (χ2v) is 25.4. The summed E-state index contributed by atoms with van der Waals surface area (Å²) in [5.41, 5.74) is 17.5. The third-order valence-corrected chi connectivity index (χ3v) is 17.6. The van der Waals surface area contributed by atoms with Crippen LogP contribution in [0.25, 0.3) is 65.4 Å². The summed E-state index contributed by atoms with van der Waals surface area (Å²) in [6, 6.07) is 43.2. The quantitative estimate of drug-likeness (QED) is 0.0540. The Morgan fingerprint density at radius 2 is 0.740 bits per heavy atom. The van der Waals surface area contributed by atoms with Crippen molar-refractivity contribution in [1.82, 2.24) is 55.5 Å². The topological polar surface area (TPSA) is 246 Å². The first kappa shape index (κ1) is 69.4. The lowest BCUT2D eigenvalue weighted by Gasteiger charge is -2.09. The fourth-order valence-electron chi connectivity index (χ4n) is 11.1. The van der Waals surface area contributed by atoms with Gasteiger partial charge in [0.15, 0.2) is 0 Å². The summed E-state index contributed by atoms with van der Waals surface area (Å²) in [7, 11) is 0. The molecule has 6 aromatic carbocycles. The predicted octanol–water partition coefficient (Wildman–Crippen LogP) is 18.1. The first-order valence-corrected chi connectivity index (χ1v) is 32.9. The van der Waals surface area contributed by atoms with E-state index in [0.717, 1.165) is 60.8 Å². The predicted molar refractivity (Wildman–Crippen MR) is 388 cm³/mol. The molecule has 16 nitrogen and oxygen atoms in total. The molecule has 0 atom stereocenters. The highest BCUT2D eigenvalue weighted by molar-refractivity contribution is 6.36. The fourth-order valence-corrected chi connectivity index (χ4v) is 12.3. The lowest BCUT2D eigenvalue weighted by molar-refractivity contribution is 0.0696. The zero-order chi connectivity index (χ0) is 70.1. The third-order valence-electron chi connectivity index (χ3n) is 16.1. The SMILES string of the molecule is NCc1ccc2[nH]cc(Cl)c2c1F.O=C(NCc1ccc2[nH]cc(Cl)c2c1F)c1ccnc(Cc2ccc3ncc(Cl)cc3c2)c1.O=C(NCc1ccc2[nH]cc(Cl)c2c1F)c1ccnc(Cc2ccc3ncc(Cl)cc3c2)c1.O=C(O)c1ccnc(Cc2ccc3ncc(Cl)cc3c2)c1. The molecule has 9 heterocycles. The normalized spacial score (nSPS) is 11.1. The van der Waals surface area contributed by atoms with Crippen molar-refractivity contribution < 1.29 is 32.7 Å². The van der Waals surface area contributed by atoms with Gasteiger partial charge in [0.05, 0.1) is 68.4 Å². The number of nitrogens with zero attached hydrogens (tertiary/aromatic N) is 6. The van der Waals surface area contributed by atoms with E-state index >= 15 is 0 Å². The van der Waals surface area contributed by atoms with Crippen LogP contribution in [0, 0.1) is 17.5 Å². The Morgan fingerprint density at radius 3 is 1.09 bits per heavy atom. The number of carboxylic acid groups (broad SMARTS) is 1. The minimum absolute atomic E-state index is 0.0399. The monoisotopic (exact) mass is 1450 g/mol. The van der Waals surface area contributed by atoms with Gasteiger partial charge in [0.1, 0.15) is 17.5 Å². The number of aromatic nitrogens is 9. The van der Waals surface area contributed by atoms with Gasteiger partial charge in [-0.1, -0.05) is 106 Å². The van der Waals surface area contributed by atoms with Gasteiger partial charge >= 0.3 is 5.97 Å². The molecule has 0 fully saturated rings. The Kier molecular flexibility index (Phi) is 21.6. The van der Waals surface area contributed by atoms with Crippen LogP contribution in [0.5, 0.6) is 0 Å². The molecule has 8 N–H and O–H groups in total. The number of hydrogen-bond acceptors (Lipinski definition) is 10. The third kappa shape index (κ3) is 16.5. The summed E-state index contributed by atoms with van der Waals surface area (Å²) in [5.74, 6) is -2.79. The van der Waals surface area contributed by atoms with Crippen molar-refractivity contribution in [1.29, 1.82) is 0 Å². The Labute approximate surface area is 597 Å². The van der Waals surface area contributed by atoms with E-state index in [-0.39, 0.29) is 42.8 Å². The molecule has 100 heavy (non-hydrogen) atoms. The highest BCUT2D eigenvalue weighted by atomic mass is 35.5. The highest BCUT2D eigenvalue weighted by Crippen LogP contribution is 2.32. The summed E-state index contributed by atoms with van der Waals surface area (Å²) in [6.07, 6.45) is 15.8. The van der Waals surface area contributed by atoms with Crippen LogP contribution in [0.1, 0.15) is 81.5 Å². The number of hydrogen-bond donors (Lipinski definition) is 7. The number of fused-ring (bicyclic) bond motifs is 6. The van der Waals surface area contributed by atoms with Crippen molar-refractivity contribution in [3.05, 3.63) is 316 Å². The number of pyridine rings is 6. The molecule has 0 radical (unpaired) electrons. The maximum Gasteiger partial charge on any atom is 0.335 e. The smallest absolute Gasteiger partial charge is 0.335 e. The number of halogens is 9. The van der Waals surface area contributed by atoms with Gasteiger partial charge in [-0.2, -0.15) is 0 Å². The number of carboxylic acids is 1. The molecular formula is C75H53Cl6F3N12O4. The molecule has 2 amide bonds. The second kappa shape index (κ2) is 31.2. The van der Waals surface area contributed by atoms with Gasteiger partial charge in [-0.25, -0.2) is 18.0 Å². The van der Waals surface area contributed by atoms with Crippen LogP contribution in [0.4, 0.5) is 13.2 Å². The van der Waals surface area contributed by atoms with Crippen molar-refractivity contribution in [2.45, 2.75) is 38.9 Å². The molecule has 0 saturated heterocycles. The Bertz CT molecular complexity index is 5390. The molecule has 15 aromatic rings. The van der Waals surface area contributed by atoms with E-state index in [4.69, 9.17) is 80.4 Å². The average molecular weight is 1460 g/mol. The van der Waals surface area contributed by atoms with E-state index < -0.39 is 17.6 Å². The number of rotatable bonds is 14. The van der Waals surface area contributed by atoms with Crippen LogP contribution >= 0.6 is 69.6 Å². The van der Waals surface area contributed by atoms with Gasteiger partial charge in [0.2, 0.25) is 0 Å². The van der Waals surface area contributed by atoms with E-state index in [1.165, 1.54) is 24.7 Å². The van der Waals surface area contributed by atoms with Crippen molar-refractivity contribution in [3.63, 3.8) is 0 Å². The standard InChI is InChI=1S/2C25H17Cl2FN4O.C16H11ClN2O2.C9H8ClFN2/c2*26-18-9-17-7-14(1-3-21(17)30-12-18)8-19-10-15(5-6-29-19)25(33)32-11-16-2-4-22-23(24(16)28)20(27)13-31-22;17-13-7-12-5-10(1-2-15(12)19-9-13)6-14-8-11(16(20)21)3-4-18-14;10-6-4-13-7-2-1-5(3-12)9(11)8(6)7/h2*1-7,9-10,12-13,31H,8,11H2,(H,32,33);1-5,7-9H,6H2,(H,20,21);1-2,4,13H,3,12H2. The minimum Gasteiger partial charge on any atom is -0.478 e. The van der Waals surface area contributed by atoms with Crippen LogP contribution in [0.3, 0.4) is 0 Å². The second-order valence-electron chi connectivity index (χ2n) is 22.8. The average Bonchev–Trinajstić information content (AvgIpc) is 1.71. The molecule has 25 heteroatoms. The van der Waals surface area contributed by atoms with Crippen LogP contribution in [-0.2, 0) is 38.9 Å². The maximum absolute atomic E-state index is 14.8. The summed E-state index contributed by atoms with van der Waals surface area (Å²) in [6.45, 7) is 0.264. The van der Waals surface area contributed by atoms with Gasteiger partial charge in [-0.3, -0.25) is 39.5 Å². The number of nitrogens with one attached hydrogen (secondary N) is 5. The minimum atomic E-state index is -0.951. The van der Waals surface area contributed by atoms with Crippen LogP contribution in [0.15, 0.2) is 201 Å². The summed E-state index contributed by atoms with van der Waals surface area (Å²) in [5, 5.41) is 21.2. The number of nitrogens with two attached hydrogens (primary N) is 1. The highest BCUT2D eigenvalue weighted by Gasteiger charge is 2.18. The lowest BCUT2D eigenvalue weighted by Crippen LogP contribution is -2.23. The Balaban J connectivity index is 0.000000133. The van der Waals surface area contributed by atoms with E-state index in [2.05, 4.69) is 55.5 Å². The number of carbonyl (C=O) groups excluding carboxylic acids is 2. The molecule has 0 unspecified atom stereocenters. The number of aromatic carboxylic acids is 1. The van der Waals surface area contributed by atoms with Crippen LogP contribution in [0.2, 0.25) is 30.1 Å². The van der Waals surface area contributed by atoms with Gasteiger partial charge in [-0.05, 0) is 126 Å². The van der Waals surface area contributed by atoms with Crippen LogP contribution in [-0.4, -0.2) is 67.7 Å². The Hall–Kier alpha value is -10.5. The zero-order valence-corrected chi connectivity index (χ0v) is 56.7. The van der Waals surface area contributed by atoms with Crippen molar-refractivity contribution in [3.8, 4) is 0 Å². The van der Waals surface area contributed by atoms with E-state index in [1.807, 2.05) is 72.8 Å². The molecule has 0 bridgehead atoms. The molecule has 0 saturated carbocycles. The number of carbonyl (C=O) groups is 3. The lowest BCUT2D eigenvalue weighted by atomic mass is 10.0. The molecule has 0 aliphatic heterocycles. The number of benzene rings is 6. The van der Waals surface area contributed by atoms with Gasteiger partial charge in [0.25, 0.3) is 11.8 Å². The molecule has 0 spiro atoms. The van der Waals surface area contributed by atoms with Crippen molar-refractivity contribution in [2.75, 3.05) is 0 Å². The molecule has 15 rings (SSSR count). The fraction of sp³-hybridized carbons (Fsp3) is 0.0800. The van der Waals surface area contributed by atoms with E-state index in [9.17, 15) is 27.6 Å². The van der Waals surface area contributed by atoms with Gasteiger partial charge in [0, 0.05) is 172 Å². The zero-order valence-electron chi connectivity index (χ0n) is 52.1. The number of H-pyrrole nitrogens is 3.